The molecule has 1 aromatic rings. The maximum absolute atomic E-state index is 12.3. The van der Waals surface area contributed by atoms with Crippen LogP contribution in [0.15, 0.2) is 12.1 Å². The predicted molar refractivity (Wildman–Crippen MR) is 87.4 cm³/mol. The van der Waals surface area contributed by atoms with Gasteiger partial charge in [-0.25, -0.2) is 0 Å². The first-order chi connectivity index (χ1) is 10.0. The fraction of sp³-hybridized carbons (Fsp3) is 0.500. The Morgan fingerprint density at radius 1 is 1.27 bits per heavy atom. The zero-order valence-corrected chi connectivity index (χ0v) is 14.0. The molecule has 122 valence electrons. The van der Waals surface area contributed by atoms with E-state index in [0.29, 0.717) is 18.2 Å². The standard InChI is InChI=1S/C14H16Cl2N2O3.ClH/c15-7-1-11(13(19)12(16)2-7)14(20)18-8-3-9-5-21-6-10(4-8)17-9;/h1-2,8-10,17,19H,3-6H2,(H,18,20);1H. The molecule has 2 saturated heterocycles. The summed E-state index contributed by atoms with van der Waals surface area (Å²) in [6, 6.07) is 3.40. The highest BCUT2D eigenvalue weighted by Crippen LogP contribution is 2.31. The highest BCUT2D eigenvalue weighted by molar-refractivity contribution is 6.36. The van der Waals surface area contributed by atoms with Crippen molar-refractivity contribution in [3.8, 4) is 5.75 Å². The molecule has 3 N–H and O–H groups in total. The van der Waals surface area contributed by atoms with Gasteiger partial charge in [-0.3, -0.25) is 4.79 Å². The van der Waals surface area contributed by atoms with E-state index in [4.69, 9.17) is 27.9 Å². The van der Waals surface area contributed by atoms with Crippen LogP contribution in [0.1, 0.15) is 23.2 Å². The van der Waals surface area contributed by atoms with Crippen LogP contribution in [0.4, 0.5) is 0 Å². The van der Waals surface area contributed by atoms with Crippen LogP contribution in [0.5, 0.6) is 5.75 Å². The molecule has 0 saturated carbocycles. The Hall–Kier alpha value is -0.720. The van der Waals surface area contributed by atoms with Crippen LogP contribution in [0.2, 0.25) is 10.0 Å². The molecule has 8 heteroatoms. The van der Waals surface area contributed by atoms with Gasteiger partial charge >= 0.3 is 0 Å². The zero-order chi connectivity index (χ0) is 15.0. The number of rotatable bonds is 2. The lowest BCUT2D eigenvalue weighted by Gasteiger charge is -2.40. The van der Waals surface area contributed by atoms with Gasteiger partial charge in [0.1, 0.15) is 5.75 Å². The first-order valence-electron chi connectivity index (χ1n) is 6.85. The van der Waals surface area contributed by atoms with E-state index in [1.807, 2.05) is 0 Å². The molecular formula is C14H17Cl3N2O3. The fourth-order valence-corrected chi connectivity index (χ4v) is 3.45. The highest BCUT2D eigenvalue weighted by Gasteiger charge is 2.33. The molecule has 0 radical (unpaired) electrons. The molecule has 2 aliphatic heterocycles. The minimum Gasteiger partial charge on any atom is -0.506 e. The summed E-state index contributed by atoms with van der Waals surface area (Å²) in [6.07, 6.45) is 1.61. The van der Waals surface area contributed by atoms with E-state index in [-0.39, 0.29) is 52.8 Å². The van der Waals surface area contributed by atoms with Crippen LogP contribution in [-0.2, 0) is 4.74 Å². The molecule has 5 nitrogen and oxygen atoms in total. The van der Waals surface area contributed by atoms with Crippen molar-refractivity contribution in [2.75, 3.05) is 13.2 Å². The average molecular weight is 368 g/mol. The molecule has 3 rings (SSSR count). The lowest BCUT2D eigenvalue weighted by atomic mass is 9.92. The lowest BCUT2D eigenvalue weighted by molar-refractivity contribution is 0.0148. The van der Waals surface area contributed by atoms with Gasteiger partial charge in [0.15, 0.2) is 0 Å². The number of hydrogen-bond donors (Lipinski definition) is 3. The monoisotopic (exact) mass is 366 g/mol. The number of morpholine rings is 1. The Bertz CT molecular complexity index is 559. The van der Waals surface area contributed by atoms with Crippen LogP contribution in [0.25, 0.3) is 0 Å². The number of ether oxygens (including phenoxy) is 1. The van der Waals surface area contributed by atoms with E-state index >= 15 is 0 Å². The highest BCUT2D eigenvalue weighted by atomic mass is 35.5. The smallest absolute Gasteiger partial charge is 0.255 e. The predicted octanol–water partition coefficient (Wildman–Crippen LogP) is 2.37. The van der Waals surface area contributed by atoms with Crippen LogP contribution in [-0.4, -0.2) is 42.4 Å². The van der Waals surface area contributed by atoms with Gasteiger partial charge in [-0.15, -0.1) is 12.4 Å². The van der Waals surface area contributed by atoms with Crippen molar-refractivity contribution in [3.63, 3.8) is 0 Å². The van der Waals surface area contributed by atoms with E-state index in [2.05, 4.69) is 10.6 Å². The number of phenolic OH excluding ortho intramolecular Hbond substituents is 1. The van der Waals surface area contributed by atoms with Crippen molar-refractivity contribution in [1.29, 1.82) is 0 Å². The summed E-state index contributed by atoms with van der Waals surface area (Å²) in [4.78, 5) is 12.3. The van der Waals surface area contributed by atoms with E-state index < -0.39 is 0 Å². The maximum atomic E-state index is 12.3. The van der Waals surface area contributed by atoms with Gasteiger partial charge < -0.3 is 20.5 Å². The van der Waals surface area contributed by atoms with Gasteiger partial charge in [-0.05, 0) is 25.0 Å². The molecule has 0 aliphatic carbocycles. The number of aromatic hydroxyl groups is 1. The summed E-state index contributed by atoms with van der Waals surface area (Å²) in [5.74, 6) is -0.598. The van der Waals surface area contributed by atoms with E-state index in [0.717, 1.165) is 12.8 Å². The van der Waals surface area contributed by atoms with Gasteiger partial charge in [0, 0.05) is 23.1 Å². The molecule has 0 aromatic heterocycles. The lowest BCUT2D eigenvalue weighted by Crippen LogP contribution is -2.58. The maximum Gasteiger partial charge on any atom is 0.255 e. The number of fused-ring (bicyclic) bond motifs is 2. The molecule has 2 aliphatic rings. The first-order valence-corrected chi connectivity index (χ1v) is 7.61. The third-order valence-corrected chi connectivity index (χ3v) is 4.36. The Morgan fingerprint density at radius 3 is 2.55 bits per heavy atom. The minimum absolute atomic E-state index is 0. The van der Waals surface area contributed by atoms with Crippen LogP contribution >= 0.6 is 35.6 Å². The normalized spacial score (nSPS) is 26.9. The van der Waals surface area contributed by atoms with Crippen molar-refractivity contribution in [3.05, 3.63) is 27.7 Å². The Kier molecular flexibility index (Phi) is 5.80. The van der Waals surface area contributed by atoms with Crippen LogP contribution in [0, 0.1) is 0 Å². The number of phenols is 1. The number of amides is 1. The summed E-state index contributed by atoms with van der Waals surface area (Å²) in [6.45, 7) is 1.33. The van der Waals surface area contributed by atoms with Crippen LogP contribution in [0.3, 0.4) is 0 Å². The largest absolute Gasteiger partial charge is 0.506 e. The third-order valence-electron chi connectivity index (χ3n) is 3.86. The Morgan fingerprint density at radius 2 is 1.91 bits per heavy atom. The zero-order valence-electron chi connectivity index (χ0n) is 11.6. The Labute approximate surface area is 144 Å². The second-order valence-electron chi connectivity index (χ2n) is 5.52. The van der Waals surface area contributed by atoms with E-state index in [9.17, 15) is 9.90 Å². The molecule has 22 heavy (non-hydrogen) atoms. The molecule has 0 spiro atoms. The quantitative estimate of drug-likeness (QED) is 0.750. The van der Waals surface area contributed by atoms with Crippen molar-refractivity contribution < 1.29 is 14.6 Å². The summed E-state index contributed by atoms with van der Waals surface area (Å²) < 4.78 is 5.47. The topological polar surface area (TPSA) is 70.6 Å². The molecular weight excluding hydrogens is 351 g/mol. The number of carbonyl (C=O) groups excluding carboxylic acids is 1. The van der Waals surface area contributed by atoms with E-state index in [1.165, 1.54) is 12.1 Å². The minimum atomic E-state index is -0.359. The van der Waals surface area contributed by atoms with Crippen molar-refractivity contribution in [1.82, 2.24) is 10.6 Å². The second-order valence-corrected chi connectivity index (χ2v) is 6.37. The number of benzene rings is 1. The van der Waals surface area contributed by atoms with E-state index in [1.54, 1.807) is 0 Å². The summed E-state index contributed by atoms with van der Waals surface area (Å²) in [5, 5.41) is 16.7. The van der Waals surface area contributed by atoms with Gasteiger partial charge in [-0.2, -0.15) is 0 Å². The van der Waals surface area contributed by atoms with Gasteiger partial charge in [0.25, 0.3) is 5.91 Å². The van der Waals surface area contributed by atoms with Crippen molar-refractivity contribution in [2.24, 2.45) is 0 Å². The summed E-state index contributed by atoms with van der Waals surface area (Å²) >= 11 is 11.7. The SMILES string of the molecule is Cl.O=C(NC1CC2COCC(C1)N2)c1cc(Cl)cc(Cl)c1O. The number of halogens is 3. The molecule has 1 amide bonds. The van der Waals surface area contributed by atoms with Crippen LogP contribution < -0.4 is 10.6 Å². The summed E-state index contributed by atoms with van der Waals surface area (Å²) in [7, 11) is 0. The van der Waals surface area contributed by atoms with Crippen molar-refractivity contribution >= 4 is 41.5 Å². The molecule has 2 heterocycles. The molecule has 1 aromatic carbocycles. The first kappa shape index (κ1) is 17.6. The third kappa shape index (κ3) is 3.78. The number of hydrogen-bond acceptors (Lipinski definition) is 4. The molecule has 2 bridgehead atoms. The molecule has 2 unspecified atom stereocenters. The van der Waals surface area contributed by atoms with Gasteiger partial charge in [0.2, 0.25) is 0 Å². The number of piperidine rings is 1. The van der Waals surface area contributed by atoms with Gasteiger partial charge in [-0.1, -0.05) is 23.2 Å². The Balaban J connectivity index is 0.00000176. The number of nitrogens with one attached hydrogen (secondary N) is 2. The molecule has 2 atom stereocenters. The number of carbonyl (C=O) groups is 1. The molecule has 2 fully saturated rings. The average Bonchev–Trinajstić information content (AvgIpc) is 2.42. The van der Waals surface area contributed by atoms with Gasteiger partial charge in [0.05, 0.1) is 23.8 Å². The second kappa shape index (κ2) is 7.23. The van der Waals surface area contributed by atoms with Crippen molar-refractivity contribution in [2.45, 2.75) is 31.0 Å². The fourth-order valence-electron chi connectivity index (χ4n) is 2.96. The summed E-state index contributed by atoms with van der Waals surface area (Å²) in [5.41, 5.74) is 0.104.